The number of nitrogens with one attached hydrogen (secondary N) is 1. The average Bonchev–Trinajstić information content (AvgIpc) is 3.30. The highest BCUT2D eigenvalue weighted by molar-refractivity contribution is 5.75. The lowest BCUT2D eigenvalue weighted by Crippen LogP contribution is -2.28. The lowest BCUT2D eigenvalue weighted by Gasteiger charge is -2.11. The van der Waals surface area contributed by atoms with E-state index in [0.29, 0.717) is 35.2 Å². The fourth-order valence-electron chi connectivity index (χ4n) is 3.31. The van der Waals surface area contributed by atoms with E-state index >= 15 is 0 Å². The Morgan fingerprint density at radius 1 is 1.03 bits per heavy atom. The molecular formula is C23H23N3O6. The molecule has 0 bridgehead atoms. The summed E-state index contributed by atoms with van der Waals surface area (Å²) in [5.74, 6) is 2.33. The van der Waals surface area contributed by atoms with Gasteiger partial charge in [0, 0.05) is 24.6 Å². The number of carbonyl (C=O) groups is 1. The van der Waals surface area contributed by atoms with Crippen molar-refractivity contribution in [2.24, 2.45) is 0 Å². The van der Waals surface area contributed by atoms with Crippen LogP contribution in [0.3, 0.4) is 0 Å². The maximum Gasteiger partial charge on any atom is 0.266 e. The number of aryl methyl sites for hydroxylation is 1. The number of hydrogen-bond acceptors (Lipinski definition) is 7. The van der Waals surface area contributed by atoms with E-state index in [1.54, 1.807) is 38.5 Å². The van der Waals surface area contributed by atoms with E-state index in [4.69, 9.17) is 18.9 Å². The Morgan fingerprint density at radius 2 is 1.84 bits per heavy atom. The van der Waals surface area contributed by atoms with Gasteiger partial charge in [0.15, 0.2) is 23.0 Å². The summed E-state index contributed by atoms with van der Waals surface area (Å²) in [6, 6.07) is 14.0. The molecule has 0 radical (unpaired) electrons. The van der Waals surface area contributed by atoms with E-state index in [9.17, 15) is 9.59 Å². The molecular weight excluding hydrogens is 414 g/mol. The second-order valence-corrected chi connectivity index (χ2v) is 7.06. The largest absolute Gasteiger partial charge is 0.493 e. The highest BCUT2D eigenvalue weighted by Gasteiger charge is 2.15. The van der Waals surface area contributed by atoms with Gasteiger partial charge in [-0.25, -0.2) is 4.68 Å². The van der Waals surface area contributed by atoms with Crippen molar-refractivity contribution in [2.45, 2.75) is 19.5 Å². The number of aromatic nitrogens is 2. The maximum absolute atomic E-state index is 12.3. The van der Waals surface area contributed by atoms with E-state index in [-0.39, 0.29) is 31.2 Å². The Kier molecular flexibility index (Phi) is 6.25. The lowest BCUT2D eigenvalue weighted by atomic mass is 10.1. The Balaban J connectivity index is 1.38. The zero-order chi connectivity index (χ0) is 22.5. The minimum atomic E-state index is -0.276. The van der Waals surface area contributed by atoms with Gasteiger partial charge < -0.3 is 24.3 Å². The normalized spacial score (nSPS) is 11.8. The predicted octanol–water partition coefficient (Wildman–Crippen LogP) is 2.36. The molecule has 1 aromatic heterocycles. The van der Waals surface area contributed by atoms with Crippen LogP contribution in [-0.2, 0) is 17.9 Å². The van der Waals surface area contributed by atoms with Crippen LogP contribution in [0.5, 0.6) is 23.0 Å². The molecule has 166 valence electrons. The Hall–Kier alpha value is -4.01. The summed E-state index contributed by atoms with van der Waals surface area (Å²) >= 11 is 0. The van der Waals surface area contributed by atoms with Crippen molar-refractivity contribution >= 4 is 5.91 Å². The first-order chi connectivity index (χ1) is 15.6. The summed E-state index contributed by atoms with van der Waals surface area (Å²) in [5, 5.41) is 7.24. The first-order valence-corrected chi connectivity index (χ1v) is 10.0. The molecule has 1 aliphatic rings. The summed E-state index contributed by atoms with van der Waals surface area (Å²) < 4.78 is 22.5. The van der Waals surface area contributed by atoms with Crippen LogP contribution in [0, 0.1) is 0 Å². The van der Waals surface area contributed by atoms with E-state index in [1.807, 2.05) is 18.2 Å². The summed E-state index contributed by atoms with van der Waals surface area (Å²) in [4.78, 5) is 24.5. The Labute approximate surface area is 184 Å². The highest BCUT2D eigenvalue weighted by atomic mass is 16.7. The molecule has 1 aliphatic heterocycles. The molecule has 2 heterocycles. The summed E-state index contributed by atoms with van der Waals surface area (Å²) in [7, 11) is 3.12. The topological polar surface area (TPSA) is 101 Å². The lowest BCUT2D eigenvalue weighted by molar-refractivity contribution is -0.121. The van der Waals surface area contributed by atoms with Gasteiger partial charge in [-0.1, -0.05) is 6.07 Å². The number of amides is 1. The van der Waals surface area contributed by atoms with E-state index in [0.717, 1.165) is 11.1 Å². The molecule has 32 heavy (non-hydrogen) atoms. The molecule has 0 aliphatic carbocycles. The zero-order valence-electron chi connectivity index (χ0n) is 17.8. The van der Waals surface area contributed by atoms with Crippen LogP contribution in [0.2, 0.25) is 0 Å². The molecule has 0 saturated heterocycles. The Morgan fingerprint density at radius 3 is 2.66 bits per heavy atom. The van der Waals surface area contributed by atoms with Gasteiger partial charge in [-0.3, -0.25) is 9.59 Å². The Bertz CT molecular complexity index is 1190. The first-order valence-electron chi connectivity index (χ1n) is 10.0. The van der Waals surface area contributed by atoms with Gasteiger partial charge in [-0.05, 0) is 42.0 Å². The number of rotatable bonds is 8. The fourth-order valence-corrected chi connectivity index (χ4v) is 3.31. The van der Waals surface area contributed by atoms with E-state index in [2.05, 4.69) is 10.4 Å². The summed E-state index contributed by atoms with van der Waals surface area (Å²) in [5.41, 5.74) is 1.99. The molecule has 1 amide bonds. The number of fused-ring (bicyclic) bond motifs is 1. The second-order valence-electron chi connectivity index (χ2n) is 7.06. The number of nitrogens with zero attached hydrogens (tertiary/aromatic N) is 2. The molecule has 3 aromatic rings. The van der Waals surface area contributed by atoms with Crippen LogP contribution in [0.4, 0.5) is 0 Å². The average molecular weight is 437 g/mol. The van der Waals surface area contributed by atoms with Crippen LogP contribution in [-0.4, -0.2) is 36.7 Å². The van der Waals surface area contributed by atoms with Crippen LogP contribution in [0.1, 0.15) is 12.0 Å². The molecule has 0 saturated carbocycles. The molecule has 0 atom stereocenters. The smallest absolute Gasteiger partial charge is 0.266 e. The number of methoxy groups -OCH3 is 2. The first kappa shape index (κ1) is 21.2. The molecule has 0 fully saturated rings. The number of benzene rings is 2. The molecule has 0 unspecified atom stereocenters. The maximum atomic E-state index is 12.3. The van der Waals surface area contributed by atoms with Gasteiger partial charge in [0.1, 0.15) is 0 Å². The zero-order valence-corrected chi connectivity index (χ0v) is 17.8. The third kappa shape index (κ3) is 4.66. The summed E-state index contributed by atoms with van der Waals surface area (Å²) in [6.07, 6.45) is 0.116. The van der Waals surface area contributed by atoms with Crippen molar-refractivity contribution < 1.29 is 23.7 Å². The molecule has 1 N–H and O–H groups in total. The van der Waals surface area contributed by atoms with Gasteiger partial charge in [0.25, 0.3) is 5.56 Å². The van der Waals surface area contributed by atoms with E-state index < -0.39 is 0 Å². The molecule has 4 rings (SSSR count). The van der Waals surface area contributed by atoms with Crippen molar-refractivity contribution in [3.8, 4) is 34.3 Å². The molecule has 0 spiro atoms. The van der Waals surface area contributed by atoms with Crippen molar-refractivity contribution in [2.75, 3.05) is 21.0 Å². The quantitative estimate of drug-likeness (QED) is 0.577. The van der Waals surface area contributed by atoms with E-state index in [1.165, 1.54) is 10.7 Å². The highest BCUT2D eigenvalue weighted by Crippen LogP contribution is 2.35. The van der Waals surface area contributed by atoms with Gasteiger partial charge in [-0.15, -0.1) is 0 Å². The van der Waals surface area contributed by atoms with Crippen LogP contribution < -0.4 is 29.8 Å². The molecule has 9 heteroatoms. The minimum Gasteiger partial charge on any atom is -0.493 e. The van der Waals surface area contributed by atoms with Gasteiger partial charge in [0.2, 0.25) is 12.7 Å². The third-order valence-electron chi connectivity index (χ3n) is 5.02. The fraction of sp³-hybridized carbons (Fsp3) is 0.261. The standard InChI is InChI=1S/C23H23N3O6/c1-29-18-6-3-15(11-20(18)30-2)13-24-22(27)9-10-26-23(28)8-5-17(25-26)16-4-7-19-21(12-16)32-14-31-19/h3-8,11-12H,9-10,13-14H2,1-2H3,(H,24,27). The number of hydrogen-bond donors (Lipinski definition) is 1. The van der Waals surface area contributed by atoms with Gasteiger partial charge >= 0.3 is 0 Å². The number of carbonyl (C=O) groups excluding carboxylic acids is 1. The minimum absolute atomic E-state index is 0.116. The van der Waals surface area contributed by atoms with Crippen molar-refractivity contribution in [1.82, 2.24) is 15.1 Å². The number of ether oxygens (including phenoxy) is 4. The van der Waals surface area contributed by atoms with Crippen LogP contribution in [0.25, 0.3) is 11.3 Å². The van der Waals surface area contributed by atoms with Gasteiger partial charge in [0.05, 0.1) is 26.5 Å². The van der Waals surface area contributed by atoms with Crippen molar-refractivity contribution in [3.63, 3.8) is 0 Å². The molecule has 9 nitrogen and oxygen atoms in total. The van der Waals surface area contributed by atoms with Crippen molar-refractivity contribution in [3.05, 3.63) is 64.4 Å². The predicted molar refractivity (Wildman–Crippen MR) is 116 cm³/mol. The van der Waals surface area contributed by atoms with Gasteiger partial charge in [-0.2, -0.15) is 5.10 Å². The second kappa shape index (κ2) is 9.42. The summed E-state index contributed by atoms with van der Waals surface area (Å²) in [6.45, 7) is 0.678. The van der Waals surface area contributed by atoms with Crippen molar-refractivity contribution in [1.29, 1.82) is 0 Å². The van der Waals surface area contributed by atoms with Crippen LogP contribution >= 0.6 is 0 Å². The SMILES string of the molecule is COc1ccc(CNC(=O)CCn2nc(-c3ccc4c(c3)OCO4)ccc2=O)cc1OC. The third-order valence-corrected chi connectivity index (χ3v) is 5.02. The van der Waals surface area contributed by atoms with Crippen LogP contribution in [0.15, 0.2) is 53.3 Å². The molecule has 2 aromatic carbocycles. The monoisotopic (exact) mass is 437 g/mol.